The fraction of sp³-hybridized carbons (Fsp3) is 0.455. The normalized spacial score (nSPS) is 26.3. The van der Waals surface area contributed by atoms with Crippen LogP contribution >= 0.6 is 0 Å². The first-order chi connectivity index (χ1) is 17.2. The maximum Gasteiger partial charge on any atom is 0.137 e. The highest BCUT2D eigenvalue weighted by molar-refractivity contribution is 5.81. The molecule has 0 amide bonds. The second kappa shape index (κ2) is 11.3. The van der Waals surface area contributed by atoms with Crippen molar-refractivity contribution in [3.63, 3.8) is 0 Å². The lowest BCUT2D eigenvalue weighted by molar-refractivity contribution is -0.118. The van der Waals surface area contributed by atoms with Crippen LogP contribution in [0.5, 0.6) is 0 Å². The summed E-state index contributed by atoms with van der Waals surface area (Å²) in [6.45, 7) is 2.40. The van der Waals surface area contributed by atoms with Gasteiger partial charge in [0.2, 0.25) is 0 Å². The molecule has 0 saturated heterocycles. The van der Waals surface area contributed by atoms with E-state index >= 15 is 0 Å². The Morgan fingerprint density at radius 2 is 1.83 bits per heavy atom. The Balaban J connectivity index is 0.00000169. The van der Waals surface area contributed by atoms with Crippen LogP contribution in [0.1, 0.15) is 85.2 Å². The zero-order valence-corrected chi connectivity index (χ0v) is 21.2. The summed E-state index contributed by atoms with van der Waals surface area (Å²) in [7, 11) is 0. The fourth-order valence-electron chi connectivity index (χ4n) is 6.47. The van der Waals surface area contributed by atoms with Crippen molar-refractivity contribution in [3.05, 3.63) is 94.7 Å². The van der Waals surface area contributed by atoms with E-state index in [1.165, 1.54) is 66.5 Å². The number of hydrogen-bond donors (Lipinski definition) is 0. The third-order valence-corrected chi connectivity index (χ3v) is 8.45. The number of Topliss-reactive ketones (excluding diaryl/α,β-unsaturated/α-hetero) is 1. The molecule has 0 radical (unpaired) electrons. The van der Waals surface area contributed by atoms with Gasteiger partial charge in [0.15, 0.2) is 0 Å². The van der Waals surface area contributed by atoms with Crippen LogP contribution in [0.3, 0.4) is 0 Å². The summed E-state index contributed by atoms with van der Waals surface area (Å²) < 4.78 is 0. The number of hydrogen-bond acceptors (Lipinski definition) is 2. The average Bonchev–Trinajstić information content (AvgIpc) is 3.07. The Morgan fingerprint density at radius 1 is 1.00 bits per heavy atom. The average molecular weight is 472 g/mol. The molecular weight excluding hydrogens is 426 g/mol. The summed E-state index contributed by atoms with van der Waals surface area (Å²) in [4.78, 5) is 17.8. The Kier molecular flexibility index (Phi) is 7.76. The van der Waals surface area contributed by atoms with Gasteiger partial charge in [-0.15, -0.1) is 0 Å². The second-order valence-corrected chi connectivity index (χ2v) is 11.0. The lowest BCUT2D eigenvalue weighted by Gasteiger charge is -2.33. The minimum Gasteiger partial charge on any atom is -0.299 e. The zero-order valence-electron chi connectivity index (χ0n) is 21.2. The molecule has 0 aromatic heterocycles. The van der Waals surface area contributed by atoms with E-state index in [1.54, 1.807) is 0 Å². The molecule has 1 fully saturated rings. The van der Waals surface area contributed by atoms with Gasteiger partial charge in [-0.3, -0.25) is 9.79 Å². The fourth-order valence-corrected chi connectivity index (χ4v) is 6.47. The van der Waals surface area contributed by atoms with Crippen molar-refractivity contribution in [2.75, 3.05) is 0 Å². The molecular formula is C33H45NO. The van der Waals surface area contributed by atoms with Crippen molar-refractivity contribution in [1.29, 1.82) is 0 Å². The molecule has 2 aromatic rings. The number of rotatable bonds is 7. The SMILES string of the molecule is CC1CC=NC(C2CCCC(c3cccc(CC(=O)CCc4ccccc4)c3)C2)=C2C=CCCC21.[HH].[HH].[HH]. The van der Waals surface area contributed by atoms with Crippen LogP contribution in [-0.2, 0) is 17.6 Å². The number of carbonyl (C=O) groups is 1. The van der Waals surface area contributed by atoms with E-state index in [2.05, 4.69) is 61.7 Å². The molecule has 1 saturated carbocycles. The molecule has 0 spiro atoms. The molecule has 1 heterocycles. The van der Waals surface area contributed by atoms with Crippen LogP contribution in [0, 0.1) is 17.8 Å². The Hall–Kier alpha value is -2.74. The number of nitrogens with zero attached hydrogens (tertiary/aromatic N) is 1. The first-order valence-electron chi connectivity index (χ1n) is 13.7. The molecule has 2 nitrogen and oxygen atoms in total. The van der Waals surface area contributed by atoms with Gasteiger partial charge in [-0.25, -0.2) is 0 Å². The number of carbonyl (C=O) groups excluding carboxylic acids is 1. The summed E-state index contributed by atoms with van der Waals surface area (Å²) in [5.74, 6) is 2.79. The largest absolute Gasteiger partial charge is 0.299 e. The quantitative estimate of drug-likeness (QED) is 0.397. The predicted octanol–water partition coefficient (Wildman–Crippen LogP) is 8.77. The molecule has 2 aromatic carbocycles. The molecule has 1 aliphatic heterocycles. The Labute approximate surface area is 215 Å². The van der Waals surface area contributed by atoms with Gasteiger partial charge in [-0.2, -0.15) is 0 Å². The molecule has 2 heteroatoms. The van der Waals surface area contributed by atoms with Gasteiger partial charge in [0.05, 0.1) is 0 Å². The van der Waals surface area contributed by atoms with Gasteiger partial charge in [-0.1, -0.05) is 80.1 Å². The summed E-state index contributed by atoms with van der Waals surface area (Å²) >= 11 is 0. The number of aryl methyl sites for hydroxylation is 1. The van der Waals surface area contributed by atoms with Gasteiger partial charge in [-0.05, 0) is 85.0 Å². The Bertz CT molecular complexity index is 1120. The monoisotopic (exact) mass is 471 g/mol. The van der Waals surface area contributed by atoms with Gasteiger partial charge in [0, 0.05) is 35.0 Å². The van der Waals surface area contributed by atoms with E-state index in [-0.39, 0.29) is 4.28 Å². The summed E-state index contributed by atoms with van der Waals surface area (Å²) in [5.41, 5.74) is 6.73. The van der Waals surface area contributed by atoms with Crippen LogP contribution in [0.2, 0.25) is 0 Å². The first-order valence-corrected chi connectivity index (χ1v) is 13.7. The first kappa shape index (κ1) is 24.0. The van der Waals surface area contributed by atoms with Crippen molar-refractivity contribution in [1.82, 2.24) is 0 Å². The molecule has 5 rings (SSSR count). The van der Waals surface area contributed by atoms with Crippen molar-refractivity contribution in [2.45, 2.75) is 77.0 Å². The van der Waals surface area contributed by atoms with Gasteiger partial charge in [0.1, 0.15) is 5.78 Å². The van der Waals surface area contributed by atoms with E-state index in [0.717, 1.165) is 12.8 Å². The zero-order chi connectivity index (χ0) is 24.0. The van der Waals surface area contributed by atoms with Gasteiger partial charge < -0.3 is 0 Å². The predicted molar refractivity (Wildman–Crippen MR) is 152 cm³/mol. The molecule has 2 aliphatic carbocycles. The number of allylic oxidation sites excluding steroid dienone is 4. The maximum absolute atomic E-state index is 12.7. The van der Waals surface area contributed by atoms with Crippen LogP contribution in [0.15, 0.2) is 83.0 Å². The number of fused-ring (bicyclic) bond motifs is 1. The maximum atomic E-state index is 12.7. The third-order valence-electron chi connectivity index (χ3n) is 8.45. The molecule has 4 atom stereocenters. The minimum absolute atomic E-state index is 0. The van der Waals surface area contributed by atoms with Crippen LogP contribution in [-0.4, -0.2) is 12.0 Å². The second-order valence-electron chi connectivity index (χ2n) is 11.0. The van der Waals surface area contributed by atoms with Crippen molar-refractivity contribution in [3.8, 4) is 0 Å². The van der Waals surface area contributed by atoms with E-state index in [0.29, 0.717) is 42.3 Å². The summed E-state index contributed by atoms with van der Waals surface area (Å²) in [6.07, 6.45) is 17.4. The topological polar surface area (TPSA) is 29.4 Å². The van der Waals surface area contributed by atoms with Crippen LogP contribution in [0.25, 0.3) is 0 Å². The number of ketones is 1. The summed E-state index contributed by atoms with van der Waals surface area (Å²) in [5, 5.41) is 0. The standard InChI is InChI=1S/C33H39NO.3H2/c1-24-19-20-34-33(32-16-6-5-15-31(24)32)29-14-8-13-28(23-29)27-12-7-11-26(21-27)22-30(35)18-17-25-9-3-2-4-10-25;;;/h2-4,6-7,9-12,16,20-21,24,28-29,31H,5,8,13-15,17-19,22-23H2,1H3;3*1H. The van der Waals surface area contributed by atoms with Gasteiger partial charge in [0.25, 0.3) is 0 Å². The molecule has 3 aliphatic rings. The lowest BCUT2D eigenvalue weighted by Crippen LogP contribution is -2.20. The van der Waals surface area contributed by atoms with Gasteiger partial charge >= 0.3 is 0 Å². The highest BCUT2D eigenvalue weighted by Crippen LogP contribution is 2.45. The smallest absolute Gasteiger partial charge is 0.137 e. The van der Waals surface area contributed by atoms with Crippen molar-refractivity contribution < 1.29 is 9.07 Å². The highest BCUT2D eigenvalue weighted by atomic mass is 16.1. The third kappa shape index (κ3) is 5.92. The van der Waals surface area contributed by atoms with Crippen molar-refractivity contribution in [2.24, 2.45) is 22.7 Å². The van der Waals surface area contributed by atoms with E-state index in [9.17, 15) is 4.79 Å². The Morgan fingerprint density at radius 3 is 2.71 bits per heavy atom. The lowest BCUT2D eigenvalue weighted by atomic mass is 9.72. The van der Waals surface area contributed by atoms with E-state index in [4.69, 9.17) is 4.99 Å². The van der Waals surface area contributed by atoms with Crippen LogP contribution < -0.4 is 0 Å². The number of benzene rings is 2. The molecule has 188 valence electrons. The van der Waals surface area contributed by atoms with E-state index in [1.807, 2.05) is 18.2 Å². The molecule has 4 unspecified atom stereocenters. The molecule has 35 heavy (non-hydrogen) atoms. The molecule has 0 N–H and O–H groups in total. The molecule has 0 bridgehead atoms. The van der Waals surface area contributed by atoms with E-state index < -0.39 is 0 Å². The minimum atomic E-state index is 0. The summed E-state index contributed by atoms with van der Waals surface area (Å²) in [6, 6.07) is 19.2. The number of aliphatic imine (C=N–C) groups is 1. The van der Waals surface area contributed by atoms with Crippen LogP contribution in [0.4, 0.5) is 0 Å². The van der Waals surface area contributed by atoms with Crippen molar-refractivity contribution >= 4 is 12.0 Å². The highest BCUT2D eigenvalue weighted by Gasteiger charge is 2.32.